The Kier molecular flexibility index (Phi) is 15.4. The lowest BCUT2D eigenvalue weighted by Gasteiger charge is -2.32. The topological polar surface area (TPSA) is 84.4 Å². The van der Waals surface area contributed by atoms with Crippen LogP contribution in [0.1, 0.15) is 76.8 Å². The minimum Gasteiger partial charge on any atom is -0.491 e. The van der Waals surface area contributed by atoms with Gasteiger partial charge >= 0.3 is 0 Å². The fourth-order valence-electron chi connectivity index (χ4n) is 6.68. The molecule has 3 aromatic rings. The molecular weight excluding hydrogens is 636 g/mol. The molecule has 0 saturated carbocycles. The zero-order valence-electron chi connectivity index (χ0n) is 31.0. The summed E-state index contributed by atoms with van der Waals surface area (Å²) in [5.41, 5.74) is 7.26. The van der Waals surface area contributed by atoms with Crippen molar-refractivity contribution in [3.05, 3.63) is 83.4 Å². The predicted octanol–water partition coefficient (Wildman–Crippen LogP) is 8.56. The Balaban J connectivity index is 1.34. The summed E-state index contributed by atoms with van der Waals surface area (Å²) < 4.78 is 17.4. The summed E-state index contributed by atoms with van der Waals surface area (Å²) in [6.45, 7) is 12.7. The van der Waals surface area contributed by atoms with Gasteiger partial charge in [0.05, 0.1) is 25.6 Å². The lowest BCUT2D eigenvalue weighted by molar-refractivity contribution is -0.112. The van der Waals surface area contributed by atoms with E-state index in [0.717, 1.165) is 118 Å². The summed E-state index contributed by atoms with van der Waals surface area (Å²) in [6, 6.07) is 23.3. The van der Waals surface area contributed by atoms with Gasteiger partial charge in [-0.3, -0.25) is 9.79 Å². The number of carbonyl (C=O) groups excluding carboxylic acids is 1. The first-order valence-corrected chi connectivity index (χ1v) is 19.2. The van der Waals surface area contributed by atoms with Crippen molar-refractivity contribution in [3.63, 3.8) is 0 Å². The van der Waals surface area contributed by atoms with E-state index < -0.39 is 0 Å². The number of ether oxygens (including phenoxy) is 3. The molecule has 8 nitrogen and oxygen atoms in total. The van der Waals surface area contributed by atoms with Crippen molar-refractivity contribution in [3.8, 4) is 16.9 Å². The van der Waals surface area contributed by atoms with E-state index in [4.69, 9.17) is 14.2 Å². The Morgan fingerprint density at radius 3 is 2.59 bits per heavy atom. The third kappa shape index (κ3) is 12.3. The number of nitrogens with one attached hydrogen (secondary N) is 2. The van der Waals surface area contributed by atoms with Crippen LogP contribution in [0.25, 0.3) is 17.2 Å². The summed E-state index contributed by atoms with van der Waals surface area (Å²) in [6.07, 6.45) is 12.0. The summed E-state index contributed by atoms with van der Waals surface area (Å²) in [4.78, 5) is 20.9. The fourth-order valence-corrected chi connectivity index (χ4v) is 6.68. The molecule has 2 aliphatic heterocycles. The third-order valence-electron chi connectivity index (χ3n) is 9.54. The van der Waals surface area contributed by atoms with E-state index in [1.807, 2.05) is 24.3 Å². The molecule has 274 valence electrons. The van der Waals surface area contributed by atoms with Crippen molar-refractivity contribution in [1.29, 1.82) is 0 Å². The van der Waals surface area contributed by atoms with Crippen LogP contribution in [0.4, 0.5) is 11.4 Å². The highest BCUT2D eigenvalue weighted by atomic mass is 16.5. The SMILES string of the molecule is CCCCOCCOc1ccc(-c2ccc3c(c2)/C=C(/C(=O)Nc2ccc(CC(C)/N=C\NCC)cc2)CCCCN3CC2CCCOC2)cc1. The minimum absolute atomic E-state index is 0.0444. The highest BCUT2D eigenvalue weighted by molar-refractivity contribution is 6.07. The number of unbranched alkanes of at least 4 members (excludes halogenated alkanes) is 1. The smallest absolute Gasteiger partial charge is 0.251 e. The maximum absolute atomic E-state index is 13.9. The average Bonchev–Trinajstić information content (AvgIpc) is 3.23. The molecule has 2 aliphatic rings. The average molecular weight is 695 g/mol. The zero-order valence-corrected chi connectivity index (χ0v) is 31.0. The highest BCUT2D eigenvalue weighted by Crippen LogP contribution is 2.34. The lowest BCUT2D eigenvalue weighted by atomic mass is 9.97. The van der Waals surface area contributed by atoms with Crippen LogP contribution in [0.5, 0.6) is 5.75 Å². The molecule has 0 bridgehead atoms. The predicted molar refractivity (Wildman–Crippen MR) is 211 cm³/mol. The quantitative estimate of drug-likeness (QED) is 0.0837. The first kappa shape index (κ1) is 38.1. The second kappa shape index (κ2) is 20.6. The largest absolute Gasteiger partial charge is 0.491 e. The first-order valence-electron chi connectivity index (χ1n) is 19.2. The zero-order chi connectivity index (χ0) is 35.7. The summed E-state index contributed by atoms with van der Waals surface area (Å²) in [5.74, 6) is 1.30. The van der Waals surface area contributed by atoms with Gasteiger partial charge in [-0.05, 0) is 129 Å². The van der Waals surface area contributed by atoms with Crippen molar-refractivity contribution in [1.82, 2.24) is 5.32 Å². The van der Waals surface area contributed by atoms with E-state index in [9.17, 15) is 4.79 Å². The highest BCUT2D eigenvalue weighted by Gasteiger charge is 2.22. The van der Waals surface area contributed by atoms with Crippen LogP contribution in [0, 0.1) is 5.92 Å². The van der Waals surface area contributed by atoms with Crippen LogP contribution in [0.15, 0.2) is 77.3 Å². The second-order valence-electron chi connectivity index (χ2n) is 13.8. The van der Waals surface area contributed by atoms with Gasteiger partial charge in [0, 0.05) is 49.8 Å². The standard InChI is InChI=1S/C43H58N4O4/c1-4-6-23-49-25-26-51-41-19-14-36(15-20-41)37-16-21-42-39(28-37)29-38(11-7-8-22-47(42)30-35-10-9-24-50-31-35)43(48)46-40-17-12-34(13-18-40)27-33(3)45-32-44-5-2/h12-21,28-29,32-33,35H,4-11,22-27,30-31H2,1-3H3,(H,44,45)(H,46,48)/b38-29+. The number of hydrogen-bond donors (Lipinski definition) is 2. The molecule has 0 radical (unpaired) electrons. The first-order chi connectivity index (χ1) is 25.0. The van der Waals surface area contributed by atoms with Crippen molar-refractivity contribution >= 4 is 29.7 Å². The molecule has 2 N–H and O–H groups in total. The second-order valence-corrected chi connectivity index (χ2v) is 13.8. The molecule has 0 aliphatic carbocycles. The molecule has 5 rings (SSSR count). The van der Waals surface area contributed by atoms with E-state index in [-0.39, 0.29) is 11.9 Å². The molecule has 1 saturated heterocycles. The van der Waals surface area contributed by atoms with Gasteiger partial charge in [-0.1, -0.05) is 43.7 Å². The van der Waals surface area contributed by atoms with Gasteiger partial charge in [-0.15, -0.1) is 0 Å². The molecule has 2 unspecified atom stereocenters. The van der Waals surface area contributed by atoms with Crippen molar-refractivity contribution in [2.45, 2.75) is 78.2 Å². The number of anilines is 2. The molecule has 8 heteroatoms. The Morgan fingerprint density at radius 2 is 1.82 bits per heavy atom. The van der Waals surface area contributed by atoms with Gasteiger partial charge in [0.1, 0.15) is 12.4 Å². The summed E-state index contributed by atoms with van der Waals surface area (Å²) in [7, 11) is 0. The van der Waals surface area contributed by atoms with E-state index in [2.05, 4.69) is 89.8 Å². The number of benzene rings is 3. The van der Waals surface area contributed by atoms with Crippen molar-refractivity contribution < 1.29 is 19.0 Å². The van der Waals surface area contributed by atoms with Crippen LogP contribution >= 0.6 is 0 Å². The number of carbonyl (C=O) groups is 1. The van der Waals surface area contributed by atoms with E-state index >= 15 is 0 Å². The normalized spacial score (nSPS) is 18.1. The van der Waals surface area contributed by atoms with Crippen LogP contribution < -0.4 is 20.3 Å². The van der Waals surface area contributed by atoms with Crippen LogP contribution in [0.3, 0.4) is 0 Å². The Bertz CT molecular complexity index is 1550. The maximum Gasteiger partial charge on any atom is 0.251 e. The summed E-state index contributed by atoms with van der Waals surface area (Å²) >= 11 is 0. The van der Waals surface area contributed by atoms with Gasteiger partial charge < -0.3 is 29.7 Å². The van der Waals surface area contributed by atoms with E-state index in [1.165, 1.54) is 17.7 Å². The van der Waals surface area contributed by atoms with Crippen LogP contribution in [0.2, 0.25) is 0 Å². The molecule has 51 heavy (non-hydrogen) atoms. The van der Waals surface area contributed by atoms with E-state index in [0.29, 0.717) is 19.1 Å². The Morgan fingerprint density at radius 1 is 1.00 bits per heavy atom. The maximum atomic E-state index is 13.9. The number of nitrogens with zero attached hydrogens (tertiary/aromatic N) is 2. The van der Waals surface area contributed by atoms with Crippen molar-refractivity contribution in [2.24, 2.45) is 10.9 Å². The minimum atomic E-state index is -0.0444. The number of rotatable bonds is 17. The number of hydrogen-bond acceptors (Lipinski definition) is 6. The lowest BCUT2D eigenvalue weighted by Crippen LogP contribution is -2.34. The Hall–Kier alpha value is -4.14. The van der Waals surface area contributed by atoms with Gasteiger partial charge in [0.25, 0.3) is 5.91 Å². The molecule has 0 spiro atoms. The monoisotopic (exact) mass is 694 g/mol. The van der Waals surface area contributed by atoms with Gasteiger partial charge in [0.15, 0.2) is 0 Å². The third-order valence-corrected chi connectivity index (χ3v) is 9.54. The molecule has 0 aromatic heterocycles. The molecule has 1 fully saturated rings. The fraction of sp³-hybridized carbons (Fsp3) is 0.488. The van der Waals surface area contributed by atoms with Crippen molar-refractivity contribution in [2.75, 3.05) is 62.9 Å². The number of fused-ring (bicyclic) bond motifs is 1. The molecule has 2 heterocycles. The molecular formula is C43H58N4O4. The Labute approximate surface area is 305 Å². The van der Waals surface area contributed by atoms with Crippen LogP contribution in [-0.4, -0.2) is 71.0 Å². The van der Waals surface area contributed by atoms with E-state index in [1.54, 1.807) is 6.34 Å². The number of aliphatic imine (C=N–C) groups is 1. The number of amides is 1. The van der Waals surface area contributed by atoms with Crippen LogP contribution in [-0.2, 0) is 20.7 Å². The molecule has 3 aromatic carbocycles. The van der Waals surface area contributed by atoms with Gasteiger partial charge in [0.2, 0.25) is 0 Å². The van der Waals surface area contributed by atoms with Gasteiger partial charge in [-0.25, -0.2) is 0 Å². The van der Waals surface area contributed by atoms with Gasteiger partial charge in [-0.2, -0.15) is 0 Å². The summed E-state index contributed by atoms with van der Waals surface area (Å²) in [5, 5.41) is 6.32. The molecule has 1 amide bonds. The molecule has 2 atom stereocenters.